The van der Waals surface area contributed by atoms with Crippen LogP contribution in [0, 0.1) is 5.82 Å². The fourth-order valence-electron chi connectivity index (χ4n) is 2.65. The molecule has 25 heavy (non-hydrogen) atoms. The second-order valence-electron chi connectivity index (χ2n) is 5.54. The highest BCUT2D eigenvalue weighted by Crippen LogP contribution is 2.31. The number of aromatic nitrogens is 2. The van der Waals surface area contributed by atoms with Crippen LogP contribution >= 0.6 is 0 Å². The molecule has 1 aliphatic rings. The predicted molar refractivity (Wildman–Crippen MR) is 75.5 cm³/mol. The molecule has 1 atom stereocenters. The zero-order chi connectivity index (χ0) is 18.2. The van der Waals surface area contributed by atoms with E-state index >= 15 is 0 Å². The minimum Gasteiger partial charge on any atom is -0.494 e. The van der Waals surface area contributed by atoms with Gasteiger partial charge in [0.05, 0.1) is 7.11 Å². The Morgan fingerprint density at radius 2 is 2.16 bits per heavy atom. The Bertz CT molecular complexity index is 791. The van der Waals surface area contributed by atoms with Crippen LogP contribution in [-0.2, 0) is 6.18 Å². The third-order valence-corrected chi connectivity index (χ3v) is 3.92. The van der Waals surface area contributed by atoms with Crippen LogP contribution in [0.2, 0.25) is 0 Å². The van der Waals surface area contributed by atoms with Crippen LogP contribution in [-0.4, -0.2) is 41.1 Å². The summed E-state index contributed by atoms with van der Waals surface area (Å²) in [6.07, 6.45) is -4.32. The molecule has 1 amide bonds. The second kappa shape index (κ2) is 6.34. The van der Waals surface area contributed by atoms with E-state index in [1.165, 1.54) is 24.1 Å². The van der Waals surface area contributed by atoms with Crippen molar-refractivity contribution in [2.75, 3.05) is 20.2 Å². The Balaban J connectivity index is 1.71. The van der Waals surface area contributed by atoms with Gasteiger partial charge in [-0.3, -0.25) is 4.79 Å². The molecule has 2 heterocycles. The van der Waals surface area contributed by atoms with Gasteiger partial charge in [0.1, 0.15) is 0 Å². The number of methoxy groups -OCH3 is 1. The number of ether oxygens (including phenoxy) is 1. The van der Waals surface area contributed by atoms with Gasteiger partial charge in [-0.1, -0.05) is 5.16 Å². The van der Waals surface area contributed by atoms with Crippen LogP contribution in [0.4, 0.5) is 17.6 Å². The lowest BCUT2D eigenvalue weighted by Crippen LogP contribution is -2.28. The lowest BCUT2D eigenvalue weighted by molar-refractivity contribution is -0.159. The topological polar surface area (TPSA) is 68.5 Å². The summed E-state index contributed by atoms with van der Waals surface area (Å²) in [5, 5.41) is 3.35. The molecule has 0 bridgehead atoms. The number of carbonyl (C=O) groups is 1. The number of benzene rings is 1. The van der Waals surface area contributed by atoms with Gasteiger partial charge in [0.2, 0.25) is 0 Å². The molecule has 1 aliphatic heterocycles. The molecule has 2 aromatic rings. The van der Waals surface area contributed by atoms with Crippen LogP contribution in [0.5, 0.6) is 5.75 Å². The molecule has 0 saturated carbocycles. The molecule has 0 unspecified atom stereocenters. The largest absolute Gasteiger partial charge is 0.494 e. The van der Waals surface area contributed by atoms with Crippen LogP contribution in [0.1, 0.15) is 34.4 Å². The van der Waals surface area contributed by atoms with E-state index in [0.29, 0.717) is 13.0 Å². The molecule has 1 saturated heterocycles. The smallest absolute Gasteiger partial charge is 0.471 e. The fourth-order valence-corrected chi connectivity index (χ4v) is 2.65. The number of hydrogen-bond donors (Lipinski definition) is 0. The molecule has 1 fully saturated rings. The van der Waals surface area contributed by atoms with Crippen molar-refractivity contribution in [2.24, 2.45) is 0 Å². The van der Waals surface area contributed by atoms with E-state index < -0.39 is 29.7 Å². The third-order valence-electron chi connectivity index (χ3n) is 3.92. The number of nitrogens with zero attached hydrogens (tertiary/aromatic N) is 3. The first-order valence-electron chi connectivity index (χ1n) is 7.33. The van der Waals surface area contributed by atoms with Crippen LogP contribution in [0.3, 0.4) is 0 Å². The summed E-state index contributed by atoms with van der Waals surface area (Å²) in [5.74, 6) is -3.05. The highest BCUT2D eigenvalue weighted by atomic mass is 19.4. The monoisotopic (exact) mass is 359 g/mol. The minimum absolute atomic E-state index is 0.0160. The molecule has 0 N–H and O–H groups in total. The molecule has 1 aromatic carbocycles. The summed E-state index contributed by atoms with van der Waals surface area (Å²) >= 11 is 0. The first-order valence-corrected chi connectivity index (χ1v) is 7.33. The maximum absolute atomic E-state index is 13.7. The Kier molecular flexibility index (Phi) is 4.36. The SMILES string of the molecule is COc1ccc(C(=O)N2CC[C@@H](c3noc(C(F)(F)F)n3)C2)cc1F. The highest BCUT2D eigenvalue weighted by Gasteiger charge is 2.40. The summed E-state index contributed by atoms with van der Waals surface area (Å²) in [7, 11) is 1.31. The molecule has 10 heteroatoms. The van der Waals surface area contributed by atoms with Gasteiger partial charge in [0, 0.05) is 24.6 Å². The van der Waals surface area contributed by atoms with Crippen molar-refractivity contribution in [3.05, 3.63) is 41.3 Å². The maximum atomic E-state index is 13.7. The number of rotatable bonds is 3. The van der Waals surface area contributed by atoms with Crippen molar-refractivity contribution >= 4 is 5.91 Å². The third kappa shape index (κ3) is 3.42. The van der Waals surface area contributed by atoms with Gasteiger partial charge in [0.25, 0.3) is 5.91 Å². The van der Waals surface area contributed by atoms with E-state index in [9.17, 15) is 22.4 Å². The molecular weight excluding hydrogens is 346 g/mol. The average Bonchev–Trinajstić information content (AvgIpc) is 3.22. The Labute approximate surface area is 139 Å². The summed E-state index contributed by atoms with van der Waals surface area (Å²) < 4.78 is 60.2. The molecule has 1 aromatic heterocycles. The van der Waals surface area contributed by atoms with Crippen molar-refractivity contribution < 1.29 is 31.6 Å². The minimum atomic E-state index is -4.71. The quantitative estimate of drug-likeness (QED) is 0.789. The summed E-state index contributed by atoms with van der Waals surface area (Å²) in [5.41, 5.74) is 0.128. The molecule has 0 radical (unpaired) electrons. The highest BCUT2D eigenvalue weighted by molar-refractivity contribution is 5.94. The zero-order valence-corrected chi connectivity index (χ0v) is 13.0. The molecule has 6 nitrogen and oxygen atoms in total. The maximum Gasteiger partial charge on any atom is 0.471 e. The van der Waals surface area contributed by atoms with Crippen LogP contribution in [0.15, 0.2) is 22.7 Å². The summed E-state index contributed by atoms with van der Waals surface area (Å²) in [6, 6.07) is 3.82. The van der Waals surface area contributed by atoms with Gasteiger partial charge in [-0.05, 0) is 24.6 Å². The number of hydrogen-bond acceptors (Lipinski definition) is 5. The number of amides is 1. The van der Waals surface area contributed by atoms with Crippen molar-refractivity contribution in [1.82, 2.24) is 15.0 Å². The normalized spacial score (nSPS) is 17.8. The molecule has 0 aliphatic carbocycles. The second-order valence-corrected chi connectivity index (χ2v) is 5.54. The molecule has 3 rings (SSSR count). The van der Waals surface area contributed by atoms with Crippen LogP contribution < -0.4 is 4.74 Å². The Hall–Kier alpha value is -2.65. The fraction of sp³-hybridized carbons (Fsp3) is 0.400. The molecule has 0 spiro atoms. The van der Waals surface area contributed by atoms with Gasteiger partial charge >= 0.3 is 12.1 Å². The summed E-state index contributed by atoms with van der Waals surface area (Å²) in [4.78, 5) is 17.2. The van der Waals surface area contributed by atoms with E-state index in [0.717, 1.165) is 6.07 Å². The standard InChI is InChI=1S/C15H13F4N3O3/c1-24-11-3-2-8(6-10(11)16)13(23)22-5-4-9(7-22)12-20-14(25-21-12)15(17,18)19/h2-3,6,9H,4-5,7H2,1H3/t9-/m1/s1. The molecular formula is C15H13F4N3O3. The number of alkyl halides is 3. The Morgan fingerprint density at radius 3 is 2.76 bits per heavy atom. The summed E-state index contributed by atoms with van der Waals surface area (Å²) in [6.45, 7) is 0.427. The average molecular weight is 359 g/mol. The van der Waals surface area contributed by atoms with E-state index in [-0.39, 0.29) is 23.7 Å². The predicted octanol–water partition coefficient (Wildman–Crippen LogP) is 2.87. The van der Waals surface area contributed by atoms with Gasteiger partial charge in [-0.25, -0.2) is 4.39 Å². The van der Waals surface area contributed by atoms with E-state index in [2.05, 4.69) is 14.7 Å². The van der Waals surface area contributed by atoms with E-state index in [1.807, 2.05) is 0 Å². The number of carbonyl (C=O) groups excluding carboxylic acids is 1. The van der Waals surface area contributed by atoms with E-state index in [1.54, 1.807) is 0 Å². The van der Waals surface area contributed by atoms with Gasteiger partial charge in [-0.2, -0.15) is 18.2 Å². The lowest BCUT2D eigenvalue weighted by Gasteiger charge is -2.16. The van der Waals surface area contributed by atoms with Crippen molar-refractivity contribution in [3.63, 3.8) is 0 Å². The van der Waals surface area contributed by atoms with Crippen LogP contribution in [0.25, 0.3) is 0 Å². The van der Waals surface area contributed by atoms with Crippen molar-refractivity contribution in [2.45, 2.75) is 18.5 Å². The van der Waals surface area contributed by atoms with Gasteiger partial charge < -0.3 is 14.2 Å². The van der Waals surface area contributed by atoms with Crippen molar-refractivity contribution in [1.29, 1.82) is 0 Å². The lowest BCUT2D eigenvalue weighted by atomic mass is 10.1. The number of likely N-dealkylation sites (tertiary alicyclic amines) is 1. The van der Waals surface area contributed by atoms with Crippen molar-refractivity contribution in [3.8, 4) is 5.75 Å². The molecule has 134 valence electrons. The first kappa shape index (κ1) is 17.2. The number of halogens is 4. The zero-order valence-electron chi connectivity index (χ0n) is 13.0. The van der Waals surface area contributed by atoms with Gasteiger partial charge in [-0.15, -0.1) is 0 Å². The van der Waals surface area contributed by atoms with E-state index in [4.69, 9.17) is 4.74 Å². The van der Waals surface area contributed by atoms with Gasteiger partial charge in [0.15, 0.2) is 17.4 Å². The Morgan fingerprint density at radius 1 is 1.40 bits per heavy atom. The first-order chi connectivity index (χ1) is 11.8.